The summed E-state index contributed by atoms with van der Waals surface area (Å²) in [6.45, 7) is 0. The van der Waals surface area contributed by atoms with Crippen LogP contribution in [0.1, 0.15) is 44.9 Å². The summed E-state index contributed by atoms with van der Waals surface area (Å²) in [7, 11) is 0. The van der Waals surface area contributed by atoms with Crippen molar-refractivity contribution in [2.75, 3.05) is 5.32 Å². The smallest absolute Gasteiger partial charge is 0.146 e. The van der Waals surface area contributed by atoms with Gasteiger partial charge in [-0.1, -0.05) is 31.4 Å². The molecule has 0 spiro atoms. The third-order valence-electron chi connectivity index (χ3n) is 4.94. The molecule has 3 heteroatoms. The van der Waals surface area contributed by atoms with E-state index in [9.17, 15) is 9.50 Å². The van der Waals surface area contributed by atoms with Crippen molar-refractivity contribution in [3.63, 3.8) is 0 Å². The molecule has 2 fully saturated rings. The second kappa shape index (κ2) is 5.12. The van der Waals surface area contributed by atoms with E-state index in [4.69, 9.17) is 0 Å². The van der Waals surface area contributed by atoms with Crippen LogP contribution < -0.4 is 5.32 Å². The Labute approximate surface area is 114 Å². The number of aliphatic hydroxyl groups is 1. The first-order valence-electron chi connectivity index (χ1n) is 7.43. The highest BCUT2D eigenvalue weighted by atomic mass is 19.1. The molecule has 0 aliphatic heterocycles. The molecular formula is C16H22FNO. The first kappa shape index (κ1) is 12.9. The van der Waals surface area contributed by atoms with Gasteiger partial charge in [0, 0.05) is 0 Å². The number of rotatable bonds is 2. The van der Waals surface area contributed by atoms with Crippen LogP contribution in [0.5, 0.6) is 0 Å². The highest BCUT2D eigenvalue weighted by molar-refractivity contribution is 5.46. The Morgan fingerprint density at radius 2 is 1.89 bits per heavy atom. The minimum Gasteiger partial charge on any atom is -0.387 e. The normalized spacial score (nSPS) is 34.6. The summed E-state index contributed by atoms with van der Waals surface area (Å²) in [5.74, 6) is 0.156. The first-order valence-corrected chi connectivity index (χ1v) is 7.43. The maximum Gasteiger partial charge on any atom is 0.146 e. The van der Waals surface area contributed by atoms with Crippen molar-refractivity contribution in [3.05, 3.63) is 30.1 Å². The number of para-hydroxylation sites is 1. The molecule has 0 amide bonds. The maximum absolute atomic E-state index is 13.7. The Morgan fingerprint density at radius 1 is 1.11 bits per heavy atom. The van der Waals surface area contributed by atoms with Crippen LogP contribution in [0.25, 0.3) is 0 Å². The van der Waals surface area contributed by atoms with Gasteiger partial charge in [-0.15, -0.1) is 0 Å². The van der Waals surface area contributed by atoms with Gasteiger partial charge in [0.25, 0.3) is 0 Å². The lowest BCUT2D eigenvalue weighted by Gasteiger charge is -2.49. The van der Waals surface area contributed by atoms with Gasteiger partial charge >= 0.3 is 0 Å². The molecule has 2 N–H and O–H groups in total. The van der Waals surface area contributed by atoms with E-state index in [1.807, 2.05) is 6.07 Å². The Morgan fingerprint density at radius 3 is 2.74 bits per heavy atom. The summed E-state index contributed by atoms with van der Waals surface area (Å²) >= 11 is 0. The molecular weight excluding hydrogens is 241 g/mol. The maximum atomic E-state index is 13.7. The molecule has 0 aromatic heterocycles. The van der Waals surface area contributed by atoms with Crippen LogP contribution in [-0.2, 0) is 0 Å². The zero-order valence-electron chi connectivity index (χ0n) is 11.2. The van der Waals surface area contributed by atoms with E-state index in [1.165, 1.54) is 12.5 Å². The first-order chi connectivity index (χ1) is 9.20. The molecule has 1 aromatic carbocycles. The number of benzene rings is 1. The van der Waals surface area contributed by atoms with Crippen LogP contribution >= 0.6 is 0 Å². The predicted molar refractivity (Wildman–Crippen MR) is 74.6 cm³/mol. The lowest BCUT2D eigenvalue weighted by atomic mass is 9.65. The number of nitrogens with one attached hydrogen (secondary N) is 1. The van der Waals surface area contributed by atoms with Gasteiger partial charge in [-0.3, -0.25) is 0 Å². The number of fused-ring (bicyclic) bond motifs is 1. The van der Waals surface area contributed by atoms with Crippen molar-refractivity contribution in [2.45, 2.75) is 56.6 Å². The fourth-order valence-electron chi connectivity index (χ4n) is 3.89. The van der Waals surface area contributed by atoms with Gasteiger partial charge in [0.2, 0.25) is 0 Å². The molecule has 0 radical (unpaired) electrons. The Hall–Kier alpha value is -1.09. The van der Waals surface area contributed by atoms with Gasteiger partial charge in [-0.05, 0) is 43.7 Å². The van der Waals surface area contributed by atoms with E-state index in [-0.39, 0.29) is 11.9 Å². The average Bonchev–Trinajstić information content (AvgIpc) is 2.42. The van der Waals surface area contributed by atoms with Crippen molar-refractivity contribution in [1.29, 1.82) is 0 Å². The van der Waals surface area contributed by atoms with Crippen LogP contribution in [0.4, 0.5) is 10.1 Å². The van der Waals surface area contributed by atoms with Gasteiger partial charge in [0.1, 0.15) is 5.82 Å². The third-order valence-corrected chi connectivity index (χ3v) is 4.94. The van der Waals surface area contributed by atoms with E-state index in [0.717, 1.165) is 38.5 Å². The molecule has 0 saturated heterocycles. The van der Waals surface area contributed by atoms with Crippen molar-refractivity contribution in [1.82, 2.24) is 0 Å². The molecule has 19 heavy (non-hydrogen) atoms. The summed E-state index contributed by atoms with van der Waals surface area (Å²) < 4.78 is 13.7. The van der Waals surface area contributed by atoms with Crippen molar-refractivity contribution < 1.29 is 9.50 Å². The fourth-order valence-corrected chi connectivity index (χ4v) is 3.89. The van der Waals surface area contributed by atoms with Crippen molar-refractivity contribution in [2.24, 2.45) is 5.92 Å². The molecule has 2 saturated carbocycles. The largest absolute Gasteiger partial charge is 0.387 e. The number of hydrogen-bond acceptors (Lipinski definition) is 2. The van der Waals surface area contributed by atoms with Gasteiger partial charge < -0.3 is 10.4 Å². The predicted octanol–water partition coefficient (Wildman–Crippen LogP) is 3.71. The quantitative estimate of drug-likeness (QED) is 0.852. The second-order valence-corrected chi connectivity index (χ2v) is 6.04. The number of anilines is 1. The van der Waals surface area contributed by atoms with Crippen molar-refractivity contribution >= 4 is 5.69 Å². The molecule has 1 unspecified atom stereocenters. The lowest BCUT2D eigenvalue weighted by molar-refractivity contribution is -0.0835. The topological polar surface area (TPSA) is 32.3 Å². The zero-order valence-corrected chi connectivity index (χ0v) is 11.2. The van der Waals surface area contributed by atoms with E-state index >= 15 is 0 Å². The monoisotopic (exact) mass is 263 g/mol. The Kier molecular flexibility index (Phi) is 3.48. The summed E-state index contributed by atoms with van der Waals surface area (Å²) in [5, 5.41) is 14.3. The van der Waals surface area contributed by atoms with Gasteiger partial charge in [-0.2, -0.15) is 0 Å². The molecule has 2 aliphatic rings. The molecule has 2 nitrogen and oxygen atoms in total. The zero-order chi connectivity index (χ0) is 13.3. The molecule has 0 bridgehead atoms. The fraction of sp³-hybridized carbons (Fsp3) is 0.625. The molecule has 0 heterocycles. The highest BCUT2D eigenvalue weighted by Gasteiger charge is 2.47. The van der Waals surface area contributed by atoms with Crippen LogP contribution in [0.2, 0.25) is 0 Å². The van der Waals surface area contributed by atoms with Crippen molar-refractivity contribution in [3.8, 4) is 0 Å². The molecule has 2 aliphatic carbocycles. The van der Waals surface area contributed by atoms with E-state index in [2.05, 4.69) is 5.32 Å². The minimum atomic E-state index is -0.640. The summed E-state index contributed by atoms with van der Waals surface area (Å²) in [6, 6.07) is 6.73. The Balaban J connectivity index is 1.81. The lowest BCUT2D eigenvalue weighted by Crippen LogP contribution is -2.56. The number of hydrogen-bond donors (Lipinski definition) is 2. The van der Waals surface area contributed by atoms with E-state index < -0.39 is 5.60 Å². The Bertz CT molecular complexity index is 448. The van der Waals surface area contributed by atoms with Crippen LogP contribution in [0, 0.1) is 11.7 Å². The summed E-state index contributed by atoms with van der Waals surface area (Å²) in [6.07, 6.45) is 7.45. The van der Waals surface area contributed by atoms with E-state index in [1.54, 1.807) is 12.1 Å². The standard InChI is InChI=1S/C16H22FNO/c17-13-8-1-2-9-14(13)18-15-10-5-7-12-6-3-4-11-16(12,15)19/h1-2,8-9,12,15,18-19H,3-7,10-11H2/t12-,15?,16-/m1/s1. The minimum absolute atomic E-state index is 0.0107. The molecule has 104 valence electrons. The van der Waals surface area contributed by atoms with Gasteiger partial charge in [0.15, 0.2) is 0 Å². The van der Waals surface area contributed by atoms with Crippen LogP contribution in [0.3, 0.4) is 0 Å². The summed E-state index contributed by atoms with van der Waals surface area (Å²) in [5.41, 5.74) is -0.120. The van der Waals surface area contributed by atoms with E-state index in [0.29, 0.717) is 11.6 Å². The molecule has 3 atom stereocenters. The van der Waals surface area contributed by atoms with Gasteiger partial charge in [0.05, 0.1) is 17.3 Å². The summed E-state index contributed by atoms with van der Waals surface area (Å²) in [4.78, 5) is 0. The third kappa shape index (κ3) is 2.36. The van der Waals surface area contributed by atoms with Crippen LogP contribution in [-0.4, -0.2) is 16.7 Å². The second-order valence-electron chi connectivity index (χ2n) is 6.04. The number of halogens is 1. The highest BCUT2D eigenvalue weighted by Crippen LogP contribution is 2.44. The average molecular weight is 263 g/mol. The van der Waals surface area contributed by atoms with Crippen LogP contribution in [0.15, 0.2) is 24.3 Å². The molecule has 1 aromatic rings. The molecule has 3 rings (SSSR count). The SMILES string of the molecule is O[C@]12CCCC[C@@H]1CCCC2Nc1ccccc1F. The van der Waals surface area contributed by atoms with Gasteiger partial charge in [-0.25, -0.2) is 4.39 Å².